The van der Waals surface area contributed by atoms with Crippen LogP contribution < -0.4 is 0 Å². The number of benzene rings is 1. The third kappa shape index (κ3) is 5.17. The van der Waals surface area contributed by atoms with Crippen LogP contribution in [0.1, 0.15) is 61.2 Å². The summed E-state index contributed by atoms with van der Waals surface area (Å²) in [6.07, 6.45) is 5.65. The molecule has 2 atom stereocenters. The van der Waals surface area contributed by atoms with E-state index in [1.165, 1.54) is 24.4 Å². The van der Waals surface area contributed by atoms with E-state index in [4.69, 9.17) is 16.0 Å². The number of fused-ring (bicyclic) bond motifs is 1. The highest BCUT2D eigenvalue weighted by Gasteiger charge is 2.34. The highest BCUT2D eigenvalue weighted by molar-refractivity contribution is 7.89. The average Bonchev–Trinajstić information content (AvgIpc) is 3.21. The van der Waals surface area contributed by atoms with Crippen LogP contribution in [0, 0.1) is 17.6 Å². The van der Waals surface area contributed by atoms with Gasteiger partial charge in [0.05, 0.1) is 34.6 Å². The van der Waals surface area contributed by atoms with Crippen molar-refractivity contribution in [2.45, 2.75) is 44.3 Å². The largest absolute Gasteiger partial charge is 0.423 e. The van der Waals surface area contributed by atoms with Crippen molar-refractivity contribution in [1.29, 1.82) is 0 Å². The molecular weight excluding hydrogens is 536 g/mol. The fourth-order valence-electron chi connectivity index (χ4n) is 4.90. The summed E-state index contributed by atoms with van der Waals surface area (Å²) in [4.78, 5) is 13.2. The second kappa shape index (κ2) is 10.1. The van der Waals surface area contributed by atoms with Gasteiger partial charge in [-0.2, -0.15) is 5.10 Å². The summed E-state index contributed by atoms with van der Waals surface area (Å²) in [6.45, 7) is 4.19. The number of oxazole rings is 1. The molecule has 0 amide bonds. The van der Waals surface area contributed by atoms with Crippen molar-refractivity contribution in [1.82, 2.24) is 25.1 Å². The molecule has 1 aromatic carbocycles. The minimum Gasteiger partial charge on any atom is -0.423 e. The lowest BCUT2D eigenvalue weighted by Gasteiger charge is -2.32. The molecule has 1 aliphatic rings. The van der Waals surface area contributed by atoms with E-state index in [0.29, 0.717) is 17.8 Å². The molecule has 12 heteroatoms. The minimum atomic E-state index is -3.37. The van der Waals surface area contributed by atoms with Crippen molar-refractivity contribution < 1.29 is 21.6 Å². The van der Waals surface area contributed by atoms with Crippen molar-refractivity contribution in [3.63, 3.8) is 0 Å². The first-order chi connectivity index (χ1) is 18.0. The third-order valence-electron chi connectivity index (χ3n) is 6.65. The van der Waals surface area contributed by atoms with Gasteiger partial charge in [-0.15, -0.1) is 5.10 Å². The minimum absolute atomic E-state index is 0.0514. The number of hydrogen-bond acceptors (Lipinski definition) is 8. The summed E-state index contributed by atoms with van der Waals surface area (Å²) < 4.78 is 57.9. The molecule has 1 aliphatic carbocycles. The maximum absolute atomic E-state index is 14.5. The van der Waals surface area contributed by atoms with E-state index in [9.17, 15) is 17.2 Å². The highest BCUT2D eigenvalue weighted by Crippen LogP contribution is 2.44. The third-order valence-corrected chi connectivity index (χ3v) is 7.74. The van der Waals surface area contributed by atoms with Crippen molar-refractivity contribution >= 4 is 21.4 Å². The molecular formula is C26H24ClF2N5O3S. The lowest BCUT2D eigenvalue weighted by molar-refractivity contribution is 0.407. The molecule has 198 valence electrons. The number of halogens is 3. The first kappa shape index (κ1) is 26.3. The smallest absolute Gasteiger partial charge is 0.248 e. The molecule has 38 heavy (non-hydrogen) atoms. The predicted octanol–water partition coefficient (Wildman–Crippen LogP) is 5.73. The van der Waals surface area contributed by atoms with Crippen LogP contribution in [0.2, 0.25) is 5.22 Å². The fraction of sp³-hybridized carbons (Fsp3) is 0.346. The molecule has 5 rings (SSSR count). The molecule has 4 aromatic rings. The second-order valence-electron chi connectivity index (χ2n) is 9.79. The van der Waals surface area contributed by atoms with Crippen LogP contribution in [0.25, 0.3) is 22.8 Å². The Labute approximate surface area is 223 Å². The van der Waals surface area contributed by atoms with Gasteiger partial charge in [-0.25, -0.2) is 27.2 Å². The summed E-state index contributed by atoms with van der Waals surface area (Å²) in [5.74, 6) is -1.62. The molecule has 0 saturated heterocycles. The van der Waals surface area contributed by atoms with Gasteiger partial charge in [-0.3, -0.25) is 4.98 Å². The lowest BCUT2D eigenvalue weighted by atomic mass is 9.74. The van der Waals surface area contributed by atoms with E-state index in [1.54, 1.807) is 12.3 Å². The van der Waals surface area contributed by atoms with Crippen LogP contribution in [0.5, 0.6) is 0 Å². The quantitative estimate of drug-likeness (QED) is 0.294. The molecule has 0 saturated carbocycles. The zero-order valence-electron chi connectivity index (χ0n) is 20.8. The maximum Gasteiger partial charge on any atom is 0.248 e. The van der Waals surface area contributed by atoms with E-state index in [2.05, 4.69) is 39.0 Å². The Kier molecular flexibility index (Phi) is 6.99. The maximum atomic E-state index is 14.5. The average molecular weight is 560 g/mol. The normalized spacial score (nSPS) is 17.6. The summed E-state index contributed by atoms with van der Waals surface area (Å²) in [5, 5.41) is 8.53. The molecule has 2 unspecified atom stereocenters. The van der Waals surface area contributed by atoms with Gasteiger partial charge in [0, 0.05) is 18.4 Å². The van der Waals surface area contributed by atoms with Crippen LogP contribution in [0.3, 0.4) is 0 Å². The molecule has 0 bridgehead atoms. The summed E-state index contributed by atoms with van der Waals surface area (Å²) in [6, 6.07) is 5.42. The number of rotatable bonds is 6. The number of nitrogens with zero attached hydrogens (tertiary/aromatic N) is 5. The Morgan fingerprint density at radius 1 is 1.08 bits per heavy atom. The monoisotopic (exact) mass is 559 g/mol. The molecule has 0 spiro atoms. The van der Waals surface area contributed by atoms with Gasteiger partial charge < -0.3 is 4.42 Å². The molecule has 3 heterocycles. The van der Waals surface area contributed by atoms with Crippen molar-refractivity contribution in [3.05, 3.63) is 76.2 Å². The predicted molar refractivity (Wildman–Crippen MR) is 137 cm³/mol. The summed E-state index contributed by atoms with van der Waals surface area (Å²) in [7, 11) is -3.37. The topological polar surface area (TPSA) is 112 Å². The van der Waals surface area contributed by atoms with E-state index < -0.39 is 21.5 Å². The number of hydrogen-bond donors (Lipinski definition) is 0. The lowest BCUT2D eigenvalue weighted by Crippen LogP contribution is -2.22. The van der Waals surface area contributed by atoms with E-state index in [-0.39, 0.29) is 57.3 Å². The van der Waals surface area contributed by atoms with Crippen LogP contribution in [-0.4, -0.2) is 39.8 Å². The van der Waals surface area contributed by atoms with Crippen LogP contribution in [0.4, 0.5) is 8.78 Å². The Balaban J connectivity index is 1.55. The molecule has 0 fully saturated rings. The Morgan fingerprint density at radius 3 is 2.50 bits per heavy atom. The Bertz CT molecular complexity index is 1610. The number of aromatic nitrogens is 5. The van der Waals surface area contributed by atoms with Gasteiger partial charge in [0.15, 0.2) is 9.84 Å². The van der Waals surface area contributed by atoms with Crippen LogP contribution in [0.15, 0.2) is 41.1 Å². The van der Waals surface area contributed by atoms with Gasteiger partial charge in [0.1, 0.15) is 23.0 Å². The molecule has 3 aromatic heterocycles. The fourth-order valence-corrected chi connectivity index (χ4v) is 5.85. The van der Waals surface area contributed by atoms with Gasteiger partial charge in [0.25, 0.3) is 0 Å². The van der Waals surface area contributed by atoms with Crippen LogP contribution >= 0.6 is 11.6 Å². The summed E-state index contributed by atoms with van der Waals surface area (Å²) >= 11 is 6.08. The zero-order valence-corrected chi connectivity index (χ0v) is 22.4. The Hall–Kier alpha value is -3.31. The van der Waals surface area contributed by atoms with Gasteiger partial charge in [0.2, 0.25) is 11.1 Å². The summed E-state index contributed by atoms with van der Waals surface area (Å²) in [5.41, 5.74) is 2.44. The Morgan fingerprint density at radius 2 is 1.82 bits per heavy atom. The zero-order chi connectivity index (χ0) is 27.2. The van der Waals surface area contributed by atoms with Gasteiger partial charge >= 0.3 is 0 Å². The first-order valence-electron chi connectivity index (χ1n) is 12.0. The molecule has 0 radical (unpaired) electrons. The van der Waals surface area contributed by atoms with Crippen molar-refractivity contribution in [2.75, 3.05) is 6.26 Å². The standard InChI is InChI=1S/C26H24ClF2N5O3S/c1-13(2)14-7-8-15(24-16(14)9-19(33-34-24)23-17(28)5-4-6-18(23)29)20-10-30-11-21(31-20)26-32-22(25(27)37-26)12-38(3,35)36/h4-6,9-11,13-15H,7-8,12H2,1-3H3. The van der Waals surface area contributed by atoms with Crippen molar-refractivity contribution in [2.24, 2.45) is 5.92 Å². The molecule has 8 nitrogen and oxygen atoms in total. The highest BCUT2D eigenvalue weighted by atomic mass is 35.5. The van der Waals surface area contributed by atoms with Gasteiger partial charge in [-0.05, 0) is 60.0 Å². The van der Waals surface area contributed by atoms with E-state index in [1.807, 2.05) is 0 Å². The molecule has 0 N–H and O–H groups in total. The number of sulfone groups is 1. The van der Waals surface area contributed by atoms with E-state index >= 15 is 0 Å². The van der Waals surface area contributed by atoms with Crippen LogP contribution in [-0.2, 0) is 15.6 Å². The van der Waals surface area contributed by atoms with Gasteiger partial charge in [-0.1, -0.05) is 19.9 Å². The molecule has 0 aliphatic heterocycles. The second-order valence-corrected chi connectivity index (χ2v) is 12.3. The first-order valence-corrected chi connectivity index (χ1v) is 14.4. The van der Waals surface area contributed by atoms with Crippen molar-refractivity contribution in [3.8, 4) is 22.8 Å². The SMILES string of the molecule is CC(C)C1CCC(c2cncc(-c3nc(CS(C)(=O)=O)c(Cl)o3)n2)c2nnc(-c3c(F)cccc3F)cc21. The van der Waals surface area contributed by atoms with E-state index in [0.717, 1.165) is 18.2 Å².